The third kappa shape index (κ3) is 4.66. The fourth-order valence-corrected chi connectivity index (χ4v) is 4.71. The quantitative estimate of drug-likeness (QED) is 0.714. The van der Waals surface area contributed by atoms with Gasteiger partial charge in [0.05, 0.1) is 0 Å². The molecule has 1 heterocycles. The second-order valence-electron chi connectivity index (χ2n) is 7.75. The maximum atomic E-state index is 13.2. The van der Waals surface area contributed by atoms with Crippen LogP contribution < -0.4 is 5.32 Å². The average Bonchev–Trinajstić information content (AvgIpc) is 3.15. The van der Waals surface area contributed by atoms with Crippen LogP contribution in [-0.2, 0) is 10.2 Å². The molecule has 1 aliphatic rings. The summed E-state index contributed by atoms with van der Waals surface area (Å²) in [6.45, 7) is 6.47. The molecule has 3 nitrogen and oxygen atoms in total. The highest BCUT2D eigenvalue weighted by Crippen LogP contribution is 2.35. The van der Waals surface area contributed by atoms with Crippen molar-refractivity contribution in [2.75, 3.05) is 19.6 Å². The van der Waals surface area contributed by atoms with Gasteiger partial charge in [-0.1, -0.05) is 73.4 Å². The highest BCUT2D eigenvalue weighted by molar-refractivity contribution is 6.36. The van der Waals surface area contributed by atoms with Gasteiger partial charge in [-0.2, -0.15) is 0 Å². The standard InChI is InChI=1S/C22H26Cl2N2O/c1-22(2,19-17(23)11-8-12-18(19)24)15-25-21(27)20(26-13-6-7-14-26)16-9-4-3-5-10-16/h3-5,8-12,20H,6-7,13-15H2,1-2H3,(H,25,27). The summed E-state index contributed by atoms with van der Waals surface area (Å²) in [6.07, 6.45) is 2.27. The third-order valence-electron chi connectivity index (χ3n) is 5.21. The van der Waals surface area contributed by atoms with E-state index in [1.54, 1.807) is 0 Å². The number of nitrogens with zero attached hydrogens (tertiary/aromatic N) is 1. The van der Waals surface area contributed by atoms with Gasteiger partial charge < -0.3 is 5.32 Å². The molecule has 1 N–H and O–H groups in total. The maximum absolute atomic E-state index is 13.2. The van der Waals surface area contributed by atoms with Crippen molar-refractivity contribution in [3.63, 3.8) is 0 Å². The van der Waals surface area contributed by atoms with E-state index in [0.717, 1.165) is 37.1 Å². The summed E-state index contributed by atoms with van der Waals surface area (Å²) in [4.78, 5) is 15.4. The van der Waals surface area contributed by atoms with Gasteiger partial charge in [0, 0.05) is 22.0 Å². The number of carbonyl (C=O) groups is 1. The van der Waals surface area contributed by atoms with Crippen molar-refractivity contribution < 1.29 is 4.79 Å². The Hall–Kier alpha value is -1.55. The Morgan fingerprint density at radius 2 is 1.63 bits per heavy atom. The number of hydrogen-bond acceptors (Lipinski definition) is 2. The Morgan fingerprint density at radius 3 is 2.22 bits per heavy atom. The molecule has 0 spiro atoms. The van der Waals surface area contributed by atoms with Crippen molar-refractivity contribution in [1.29, 1.82) is 0 Å². The average molecular weight is 405 g/mol. The minimum Gasteiger partial charge on any atom is -0.354 e. The van der Waals surface area contributed by atoms with E-state index in [-0.39, 0.29) is 17.4 Å². The Balaban J connectivity index is 1.78. The number of amides is 1. The lowest BCUT2D eigenvalue weighted by molar-refractivity contribution is -0.126. The second-order valence-corrected chi connectivity index (χ2v) is 8.57. The molecule has 1 atom stereocenters. The highest BCUT2D eigenvalue weighted by atomic mass is 35.5. The van der Waals surface area contributed by atoms with Crippen LogP contribution in [0.4, 0.5) is 0 Å². The van der Waals surface area contributed by atoms with Gasteiger partial charge in [0.1, 0.15) is 6.04 Å². The Morgan fingerprint density at radius 1 is 1.04 bits per heavy atom. The zero-order valence-corrected chi connectivity index (χ0v) is 17.4. The number of rotatable bonds is 6. The molecule has 0 saturated carbocycles. The van der Waals surface area contributed by atoms with Gasteiger partial charge >= 0.3 is 0 Å². The second kappa shape index (κ2) is 8.64. The smallest absolute Gasteiger partial charge is 0.241 e. The third-order valence-corrected chi connectivity index (χ3v) is 5.84. The van der Waals surface area contributed by atoms with E-state index in [1.165, 1.54) is 0 Å². The van der Waals surface area contributed by atoms with E-state index in [2.05, 4.69) is 10.2 Å². The summed E-state index contributed by atoms with van der Waals surface area (Å²) < 4.78 is 0. The van der Waals surface area contributed by atoms with Crippen molar-refractivity contribution in [3.8, 4) is 0 Å². The molecule has 1 aliphatic heterocycles. The van der Waals surface area contributed by atoms with Gasteiger partial charge in [0.25, 0.3) is 0 Å². The van der Waals surface area contributed by atoms with Crippen molar-refractivity contribution >= 4 is 29.1 Å². The van der Waals surface area contributed by atoms with Gasteiger partial charge in [0.15, 0.2) is 0 Å². The molecule has 0 aliphatic carbocycles. The summed E-state index contributed by atoms with van der Waals surface area (Å²) >= 11 is 12.8. The predicted octanol–water partition coefficient (Wildman–Crippen LogP) is 5.22. The van der Waals surface area contributed by atoms with Crippen LogP contribution in [0.5, 0.6) is 0 Å². The number of nitrogens with one attached hydrogen (secondary N) is 1. The molecule has 3 rings (SSSR count). The molecule has 144 valence electrons. The Bertz CT molecular complexity index is 766. The Labute approximate surface area is 171 Å². The molecule has 2 aromatic rings. The van der Waals surface area contributed by atoms with Crippen LogP contribution in [0.1, 0.15) is 43.9 Å². The van der Waals surface area contributed by atoms with Gasteiger partial charge in [0.2, 0.25) is 5.91 Å². The lowest BCUT2D eigenvalue weighted by Crippen LogP contribution is -2.44. The van der Waals surface area contributed by atoms with Crippen molar-refractivity contribution in [2.45, 2.75) is 38.1 Å². The highest BCUT2D eigenvalue weighted by Gasteiger charge is 2.32. The lowest BCUT2D eigenvalue weighted by atomic mass is 9.84. The Kier molecular flexibility index (Phi) is 6.46. The van der Waals surface area contributed by atoms with E-state index >= 15 is 0 Å². The van der Waals surface area contributed by atoms with Crippen molar-refractivity contribution in [2.24, 2.45) is 0 Å². The number of carbonyl (C=O) groups excluding carboxylic acids is 1. The summed E-state index contributed by atoms with van der Waals surface area (Å²) in [7, 11) is 0. The molecule has 0 radical (unpaired) electrons. The minimum atomic E-state index is -0.378. The van der Waals surface area contributed by atoms with Crippen molar-refractivity contribution in [1.82, 2.24) is 10.2 Å². The first-order chi connectivity index (χ1) is 12.9. The van der Waals surface area contributed by atoms with Crippen LogP contribution in [-0.4, -0.2) is 30.4 Å². The normalized spacial score (nSPS) is 16.3. The zero-order chi connectivity index (χ0) is 19.4. The van der Waals surface area contributed by atoms with Crippen LogP contribution >= 0.6 is 23.2 Å². The van der Waals surface area contributed by atoms with Gasteiger partial charge in [-0.3, -0.25) is 9.69 Å². The molecule has 27 heavy (non-hydrogen) atoms. The lowest BCUT2D eigenvalue weighted by Gasteiger charge is -2.31. The zero-order valence-electron chi connectivity index (χ0n) is 15.8. The van der Waals surface area contributed by atoms with Crippen LogP contribution in [0.2, 0.25) is 10.0 Å². The summed E-state index contributed by atoms with van der Waals surface area (Å²) in [5.41, 5.74) is 1.52. The summed E-state index contributed by atoms with van der Waals surface area (Å²) in [6, 6.07) is 15.3. The topological polar surface area (TPSA) is 32.3 Å². The van der Waals surface area contributed by atoms with Gasteiger partial charge in [-0.25, -0.2) is 0 Å². The molecule has 2 aromatic carbocycles. The fourth-order valence-electron chi connectivity index (χ4n) is 3.80. The van der Waals surface area contributed by atoms with E-state index < -0.39 is 0 Å². The predicted molar refractivity (Wildman–Crippen MR) is 112 cm³/mol. The number of likely N-dealkylation sites (tertiary alicyclic amines) is 1. The number of benzene rings is 2. The molecule has 1 amide bonds. The first-order valence-corrected chi connectivity index (χ1v) is 10.2. The van der Waals surface area contributed by atoms with E-state index in [1.807, 2.05) is 62.4 Å². The summed E-state index contributed by atoms with van der Waals surface area (Å²) in [5, 5.41) is 4.41. The monoisotopic (exact) mass is 404 g/mol. The molecule has 0 aromatic heterocycles. The maximum Gasteiger partial charge on any atom is 0.241 e. The van der Waals surface area contributed by atoms with Crippen LogP contribution in [0, 0.1) is 0 Å². The minimum absolute atomic E-state index is 0.0272. The first kappa shape index (κ1) is 20.2. The van der Waals surface area contributed by atoms with E-state index in [0.29, 0.717) is 16.6 Å². The van der Waals surface area contributed by atoms with Gasteiger partial charge in [-0.05, 0) is 49.2 Å². The number of halogens is 2. The molecule has 0 bridgehead atoms. The molecule has 1 fully saturated rings. The molecular formula is C22H26Cl2N2O. The van der Waals surface area contributed by atoms with E-state index in [9.17, 15) is 4.79 Å². The van der Waals surface area contributed by atoms with E-state index in [4.69, 9.17) is 23.2 Å². The largest absolute Gasteiger partial charge is 0.354 e. The molecule has 1 saturated heterocycles. The van der Waals surface area contributed by atoms with Crippen LogP contribution in [0.3, 0.4) is 0 Å². The SMILES string of the molecule is CC(C)(CNC(=O)C(c1ccccc1)N1CCCC1)c1c(Cl)cccc1Cl. The van der Waals surface area contributed by atoms with Gasteiger partial charge in [-0.15, -0.1) is 0 Å². The summed E-state index contributed by atoms with van der Waals surface area (Å²) in [5.74, 6) is 0.0272. The molecule has 5 heteroatoms. The van der Waals surface area contributed by atoms with Crippen LogP contribution in [0.15, 0.2) is 48.5 Å². The molecular weight excluding hydrogens is 379 g/mol. The molecule has 1 unspecified atom stereocenters. The van der Waals surface area contributed by atoms with Crippen molar-refractivity contribution in [3.05, 3.63) is 69.7 Å². The number of hydrogen-bond donors (Lipinski definition) is 1. The fraction of sp³-hybridized carbons (Fsp3) is 0.409. The first-order valence-electron chi connectivity index (χ1n) is 9.41. The van der Waals surface area contributed by atoms with Crippen LogP contribution in [0.25, 0.3) is 0 Å².